The van der Waals surface area contributed by atoms with Crippen molar-refractivity contribution in [3.05, 3.63) is 47.7 Å². The second-order valence-electron chi connectivity index (χ2n) is 4.21. The molecular weight excluding hydrogens is 242 g/mol. The van der Waals surface area contributed by atoms with Crippen molar-refractivity contribution in [2.24, 2.45) is 0 Å². The van der Waals surface area contributed by atoms with Crippen LogP contribution in [0, 0.1) is 0 Å². The lowest BCUT2D eigenvalue weighted by Crippen LogP contribution is -2.21. The molecule has 2 rings (SSSR count). The molecule has 0 atom stereocenters. The molecule has 0 bridgehead atoms. The van der Waals surface area contributed by atoms with Crippen LogP contribution in [0.2, 0.25) is 0 Å². The molecular formula is C15H17NO3. The smallest absolute Gasteiger partial charge is 0.219 e. The Balaban J connectivity index is 2.22. The second kappa shape index (κ2) is 6.20. The fourth-order valence-corrected chi connectivity index (χ4v) is 1.84. The quantitative estimate of drug-likeness (QED) is 0.867. The van der Waals surface area contributed by atoms with Gasteiger partial charge in [-0.3, -0.25) is 4.79 Å². The van der Waals surface area contributed by atoms with E-state index in [1.54, 1.807) is 6.07 Å². The predicted octanol–water partition coefficient (Wildman–Crippen LogP) is 2.47. The monoisotopic (exact) mass is 259 g/mol. The van der Waals surface area contributed by atoms with Gasteiger partial charge in [-0.2, -0.15) is 0 Å². The van der Waals surface area contributed by atoms with Gasteiger partial charge in [-0.25, -0.2) is 0 Å². The maximum Gasteiger partial charge on any atom is 0.219 e. The molecule has 2 aromatic rings. The van der Waals surface area contributed by atoms with E-state index in [9.17, 15) is 4.79 Å². The van der Waals surface area contributed by atoms with Gasteiger partial charge in [0.1, 0.15) is 18.1 Å². The maximum atomic E-state index is 11.3. The zero-order chi connectivity index (χ0) is 13.7. The summed E-state index contributed by atoms with van der Waals surface area (Å²) in [5.74, 6) is 1.25. The molecule has 100 valence electrons. The van der Waals surface area contributed by atoms with Gasteiger partial charge in [0.15, 0.2) is 0 Å². The third-order valence-electron chi connectivity index (χ3n) is 2.90. The van der Waals surface area contributed by atoms with Crippen LogP contribution in [0.15, 0.2) is 40.8 Å². The molecule has 1 heterocycles. The Morgan fingerprint density at radius 3 is 2.74 bits per heavy atom. The van der Waals surface area contributed by atoms with Crippen molar-refractivity contribution < 1.29 is 14.3 Å². The number of carbonyl (C=O) groups is 1. The van der Waals surface area contributed by atoms with Crippen LogP contribution >= 0.6 is 0 Å². The van der Waals surface area contributed by atoms with Crippen LogP contribution in [0.4, 0.5) is 0 Å². The Morgan fingerprint density at radius 1 is 1.26 bits per heavy atom. The summed E-state index contributed by atoms with van der Waals surface area (Å²) in [6.07, 6.45) is 0.470. The number of benzene rings is 1. The van der Waals surface area contributed by atoms with E-state index < -0.39 is 0 Å². The molecule has 0 fully saturated rings. The lowest BCUT2D eigenvalue weighted by Gasteiger charge is -2.08. The normalized spacial score (nSPS) is 10.4. The first-order chi connectivity index (χ1) is 9.24. The van der Waals surface area contributed by atoms with Gasteiger partial charge in [0, 0.05) is 18.5 Å². The maximum absolute atomic E-state index is 11.3. The van der Waals surface area contributed by atoms with E-state index in [0.29, 0.717) is 24.5 Å². The predicted molar refractivity (Wildman–Crippen MR) is 72.2 cm³/mol. The average Bonchev–Trinajstić information content (AvgIpc) is 2.93. The number of hydrogen-bond donors (Lipinski definition) is 2. The van der Waals surface area contributed by atoms with Gasteiger partial charge in [-0.15, -0.1) is 0 Å². The van der Waals surface area contributed by atoms with Gasteiger partial charge < -0.3 is 14.8 Å². The van der Waals surface area contributed by atoms with Crippen molar-refractivity contribution >= 4 is 5.91 Å². The molecule has 1 amide bonds. The fraction of sp³-hybridized carbons (Fsp3) is 0.267. The van der Waals surface area contributed by atoms with Crippen LogP contribution in [-0.4, -0.2) is 11.0 Å². The summed E-state index contributed by atoms with van der Waals surface area (Å²) in [5, 5.41) is 11.9. The first-order valence-corrected chi connectivity index (χ1v) is 6.29. The van der Waals surface area contributed by atoms with Crippen LogP contribution in [0.25, 0.3) is 11.3 Å². The second-order valence-corrected chi connectivity index (χ2v) is 4.21. The zero-order valence-corrected chi connectivity index (χ0v) is 10.8. The highest BCUT2D eigenvalue weighted by Gasteiger charge is 2.09. The van der Waals surface area contributed by atoms with Crippen molar-refractivity contribution in [3.63, 3.8) is 0 Å². The van der Waals surface area contributed by atoms with E-state index in [1.807, 2.05) is 37.3 Å². The number of furan rings is 1. The topological polar surface area (TPSA) is 62.5 Å². The Hall–Kier alpha value is -2.07. The van der Waals surface area contributed by atoms with Crippen molar-refractivity contribution in [2.75, 3.05) is 0 Å². The number of aliphatic hydroxyl groups excluding tert-OH is 1. The standard InChI is InChI=1S/C15H17NO3/c1-2-15(18)16-9-11-5-3-4-6-13(11)14-8-7-12(10-17)19-14/h3-8,17H,2,9-10H2,1H3,(H,16,18). The molecule has 0 unspecified atom stereocenters. The van der Waals surface area contributed by atoms with Crippen molar-refractivity contribution in [1.29, 1.82) is 0 Å². The Morgan fingerprint density at radius 2 is 2.05 bits per heavy atom. The van der Waals surface area contributed by atoms with Crippen LogP contribution in [0.5, 0.6) is 0 Å². The van der Waals surface area contributed by atoms with Crippen LogP contribution in [0.1, 0.15) is 24.7 Å². The highest BCUT2D eigenvalue weighted by Crippen LogP contribution is 2.25. The number of aliphatic hydroxyl groups is 1. The molecule has 0 spiro atoms. The molecule has 0 saturated heterocycles. The number of amides is 1. The molecule has 1 aromatic carbocycles. The van der Waals surface area contributed by atoms with E-state index in [1.165, 1.54) is 0 Å². The molecule has 0 aliphatic rings. The molecule has 2 N–H and O–H groups in total. The minimum Gasteiger partial charge on any atom is -0.459 e. The molecule has 0 aliphatic carbocycles. The summed E-state index contributed by atoms with van der Waals surface area (Å²) >= 11 is 0. The number of rotatable bonds is 5. The number of hydrogen-bond acceptors (Lipinski definition) is 3. The van der Waals surface area contributed by atoms with E-state index in [0.717, 1.165) is 11.1 Å². The highest BCUT2D eigenvalue weighted by atomic mass is 16.4. The summed E-state index contributed by atoms with van der Waals surface area (Å²) in [6, 6.07) is 11.3. The Kier molecular flexibility index (Phi) is 4.36. The summed E-state index contributed by atoms with van der Waals surface area (Å²) in [5.41, 5.74) is 1.92. The molecule has 19 heavy (non-hydrogen) atoms. The third-order valence-corrected chi connectivity index (χ3v) is 2.90. The fourth-order valence-electron chi connectivity index (χ4n) is 1.84. The minimum absolute atomic E-state index is 0.0188. The number of nitrogens with one attached hydrogen (secondary N) is 1. The van der Waals surface area contributed by atoms with Gasteiger partial charge in [0.05, 0.1) is 0 Å². The first kappa shape index (κ1) is 13.4. The summed E-state index contributed by atoms with van der Waals surface area (Å²) in [4.78, 5) is 11.3. The van der Waals surface area contributed by atoms with Crippen molar-refractivity contribution in [1.82, 2.24) is 5.32 Å². The van der Waals surface area contributed by atoms with Crippen molar-refractivity contribution in [2.45, 2.75) is 26.5 Å². The molecule has 0 radical (unpaired) electrons. The van der Waals surface area contributed by atoms with Gasteiger partial charge in [0.25, 0.3) is 0 Å². The average molecular weight is 259 g/mol. The van der Waals surface area contributed by atoms with E-state index >= 15 is 0 Å². The summed E-state index contributed by atoms with van der Waals surface area (Å²) in [7, 11) is 0. The lowest BCUT2D eigenvalue weighted by molar-refractivity contribution is -0.120. The van der Waals surface area contributed by atoms with Gasteiger partial charge in [0.2, 0.25) is 5.91 Å². The molecule has 0 aliphatic heterocycles. The van der Waals surface area contributed by atoms with Gasteiger partial charge in [-0.1, -0.05) is 31.2 Å². The zero-order valence-electron chi connectivity index (χ0n) is 10.8. The highest BCUT2D eigenvalue weighted by molar-refractivity contribution is 5.76. The minimum atomic E-state index is -0.116. The molecule has 4 nitrogen and oxygen atoms in total. The summed E-state index contributed by atoms with van der Waals surface area (Å²) < 4.78 is 5.53. The third kappa shape index (κ3) is 3.23. The largest absolute Gasteiger partial charge is 0.459 e. The van der Waals surface area contributed by atoms with E-state index in [4.69, 9.17) is 9.52 Å². The molecule has 4 heteroatoms. The van der Waals surface area contributed by atoms with E-state index in [-0.39, 0.29) is 12.5 Å². The summed E-state index contributed by atoms with van der Waals surface area (Å²) in [6.45, 7) is 2.17. The molecule has 0 saturated carbocycles. The van der Waals surface area contributed by atoms with E-state index in [2.05, 4.69) is 5.32 Å². The van der Waals surface area contributed by atoms with Crippen LogP contribution < -0.4 is 5.32 Å². The van der Waals surface area contributed by atoms with Crippen LogP contribution in [0.3, 0.4) is 0 Å². The van der Waals surface area contributed by atoms with Crippen LogP contribution in [-0.2, 0) is 17.9 Å². The Bertz CT molecular complexity index is 560. The first-order valence-electron chi connectivity index (χ1n) is 6.29. The number of carbonyl (C=O) groups excluding carboxylic acids is 1. The van der Waals surface area contributed by atoms with Crippen molar-refractivity contribution in [3.8, 4) is 11.3 Å². The van der Waals surface area contributed by atoms with Gasteiger partial charge in [-0.05, 0) is 17.7 Å². The lowest BCUT2D eigenvalue weighted by atomic mass is 10.1. The SMILES string of the molecule is CCC(=O)NCc1ccccc1-c1ccc(CO)o1. The molecule has 1 aromatic heterocycles. The Labute approximate surface area is 112 Å². The van der Waals surface area contributed by atoms with Gasteiger partial charge >= 0.3 is 0 Å².